The van der Waals surface area contributed by atoms with Gasteiger partial charge in [-0.05, 0) is 26.0 Å². The Morgan fingerprint density at radius 2 is 2.25 bits per heavy atom. The molecule has 2 rings (SSSR count). The second kappa shape index (κ2) is 6.24. The summed E-state index contributed by atoms with van der Waals surface area (Å²) >= 11 is 0. The summed E-state index contributed by atoms with van der Waals surface area (Å²) in [5.74, 6) is 0.396. The number of nitrogens with one attached hydrogen (secondary N) is 1. The maximum absolute atomic E-state index is 12.0. The molecular formula is C15H21NO4. The van der Waals surface area contributed by atoms with E-state index in [1.807, 2.05) is 25.1 Å². The molecule has 3 unspecified atom stereocenters. The summed E-state index contributed by atoms with van der Waals surface area (Å²) < 4.78 is 10.9. The molecule has 1 aromatic carbocycles. The predicted octanol–water partition coefficient (Wildman–Crippen LogP) is 1.11. The van der Waals surface area contributed by atoms with E-state index in [4.69, 9.17) is 9.47 Å². The van der Waals surface area contributed by atoms with Crippen LogP contribution in [-0.2, 0) is 9.53 Å². The molecule has 0 saturated carbocycles. The second-order valence-corrected chi connectivity index (χ2v) is 5.16. The van der Waals surface area contributed by atoms with Crippen LogP contribution in [0.2, 0.25) is 0 Å². The zero-order chi connectivity index (χ0) is 14.6. The monoisotopic (exact) mass is 279 g/mol. The van der Waals surface area contributed by atoms with Crippen LogP contribution in [0.5, 0.6) is 5.75 Å². The van der Waals surface area contributed by atoms with Crippen LogP contribution in [0.1, 0.15) is 20.3 Å². The number of aliphatic hydroxyl groups is 1. The van der Waals surface area contributed by atoms with E-state index in [1.54, 1.807) is 19.1 Å². The normalized spacial score (nSPS) is 27.1. The van der Waals surface area contributed by atoms with Crippen molar-refractivity contribution in [2.45, 2.75) is 38.1 Å². The van der Waals surface area contributed by atoms with Crippen LogP contribution in [0.4, 0.5) is 0 Å². The van der Waals surface area contributed by atoms with Gasteiger partial charge in [0.05, 0.1) is 6.10 Å². The molecule has 0 spiro atoms. The lowest BCUT2D eigenvalue weighted by Gasteiger charge is -2.26. The fraction of sp³-hybridized carbons (Fsp3) is 0.533. The molecule has 1 heterocycles. The first-order chi connectivity index (χ1) is 9.51. The van der Waals surface area contributed by atoms with E-state index in [1.165, 1.54) is 0 Å². The maximum atomic E-state index is 12.0. The van der Waals surface area contributed by atoms with Crippen LogP contribution in [0.3, 0.4) is 0 Å². The Balaban J connectivity index is 1.82. The first-order valence-electron chi connectivity index (χ1n) is 6.85. The van der Waals surface area contributed by atoms with Crippen molar-refractivity contribution in [1.29, 1.82) is 0 Å². The summed E-state index contributed by atoms with van der Waals surface area (Å²) in [6.45, 7) is 4.18. The van der Waals surface area contributed by atoms with Crippen molar-refractivity contribution in [3.05, 3.63) is 30.3 Å². The molecule has 20 heavy (non-hydrogen) atoms. The van der Waals surface area contributed by atoms with Gasteiger partial charge >= 0.3 is 0 Å². The van der Waals surface area contributed by atoms with E-state index in [0.717, 1.165) is 0 Å². The zero-order valence-electron chi connectivity index (χ0n) is 11.8. The summed E-state index contributed by atoms with van der Waals surface area (Å²) in [5, 5.41) is 13.0. The SMILES string of the molecule is CC(Oc1ccccc1)C(=O)NCC1(O)CCOC1C. The van der Waals surface area contributed by atoms with Gasteiger partial charge in [-0.1, -0.05) is 18.2 Å². The summed E-state index contributed by atoms with van der Waals surface area (Å²) in [7, 11) is 0. The van der Waals surface area contributed by atoms with Gasteiger partial charge in [-0.3, -0.25) is 4.79 Å². The third kappa shape index (κ3) is 3.49. The topological polar surface area (TPSA) is 67.8 Å². The molecular weight excluding hydrogens is 258 g/mol. The molecule has 1 amide bonds. The van der Waals surface area contributed by atoms with Gasteiger partial charge in [0, 0.05) is 19.6 Å². The fourth-order valence-electron chi connectivity index (χ4n) is 2.14. The standard InChI is InChI=1S/C15H21NO4/c1-11(20-13-6-4-3-5-7-13)14(17)16-10-15(18)8-9-19-12(15)2/h3-7,11-12,18H,8-10H2,1-2H3,(H,16,17). The van der Waals surface area contributed by atoms with E-state index in [0.29, 0.717) is 18.8 Å². The number of hydrogen-bond acceptors (Lipinski definition) is 4. The Morgan fingerprint density at radius 1 is 1.55 bits per heavy atom. The number of ether oxygens (including phenoxy) is 2. The van der Waals surface area contributed by atoms with Crippen LogP contribution < -0.4 is 10.1 Å². The third-order valence-corrected chi connectivity index (χ3v) is 3.65. The molecule has 5 heteroatoms. The second-order valence-electron chi connectivity index (χ2n) is 5.16. The Hall–Kier alpha value is -1.59. The molecule has 1 aliphatic heterocycles. The smallest absolute Gasteiger partial charge is 0.260 e. The van der Waals surface area contributed by atoms with Crippen LogP contribution in [0.25, 0.3) is 0 Å². The summed E-state index contributed by atoms with van der Waals surface area (Å²) in [6, 6.07) is 9.17. The highest BCUT2D eigenvalue weighted by Crippen LogP contribution is 2.24. The fourth-order valence-corrected chi connectivity index (χ4v) is 2.14. The lowest BCUT2D eigenvalue weighted by atomic mass is 9.97. The Kier molecular flexibility index (Phi) is 4.62. The molecule has 0 radical (unpaired) electrons. The van der Waals surface area contributed by atoms with Gasteiger partial charge < -0.3 is 19.9 Å². The average molecular weight is 279 g/mol. The van der Waals surface area contributed by atoms with Crippen LogP contribution in [0, 0.1) is 0 Å². The first-order valence-corrected chi connectivity index (χ1v) is 6.85. The minimum atomic E-state index is -0.984. The van der Waals surface area contributed by atoms with Gasteiger partial charge in [0.25, 0.3) is 5.91 Å². The number of hydrogen-bond donors (Lipinski definition) is 2. The Bertz CT molecular complexity index is 450. The van der Waals surface area contributed by atoms with Gasteiger partial charge in [-0.25, -0.2) is 0 Å². The van der Waals surface area contributed by atoms with Crippen LogP contribution >= 0.6 is 0 Å². The van der Waals surface area contributed by atoms with Gasteiger partial charge in [0.1, 0.15) is 11.4 Å². The van der Waals surface area contributed by atoms with Gasteiger partial charge in [-0.2, -0.15) is 0 Å². The van der Waals surface area contributed by atoms with Crippen molar-refractivity contribution >= 4 is 5.91 Å². The molecule has 1 aliphatic rings. The maximum Gasteiger partial charge on any atom is 0.260 e. The quantitative estimate of drug-likeness (QED) is 0.847. The van der Waals surface area contributed by atoms with Crippen molar-refractivity contribution in [3.8, 4) is 5.75 Å². The zero-order valence-corrected chi connectivity index (χ0v) is 11.8. The average Bonchev–Trinajstić information content (AvgIpc) is 2.77. The van der Waals surface area contributed by atoms with Gasteiger partial charge in [0.2, 0.25) is 0 Å². The summed E-state index contributed by atoms with van der Waals surface area (Å²) in [6.07, 6.45) is -0.352. The predicted molar refractivity (Wildman–Crippen MR) is 74.5 cm³/mol. The largest absolute Gasteiger partial charge is 0.481 e. The molecule has 0 aliphatic carbocycles. The van der Waals surface area contributed by atoms with E-state index < -0.39 is 11.7 Å². The third-order valence-electron chi connectivity index (χ3n) is 3.65. The van der Waals surface area contributed by atoms with Crippen molar-refractivity contribution in [2.75, 3.05) is 13.2 Å². The van der Waals surface area contributed by atoms with Gasteiger partial charge in [0.15, 0.2) is 6.10 Å². The number of benzene rings is 1. The van der Waals surface area contributed by atoms with Crippen LogP contribution in [0.15, 0.2) is 30.3 Å². The number of carbonyl (C=O) groups is 1. The van der Waals surface area contributed by atoms with E-state index in [2.05, 4.69) is 5.32 Å². The molecule has 1 aromatic rings. The van der Waals surface area contributed by atoms with Crippen molar-refractivity contribution in [2.24, 2.45) is 0 Å². The van der Waals surface area contributed by atoms with E-state index >= 15 is 0 Å². The molecule has 5 nitrogen and oxygen atoms in total. The Labute approximate surface area is 118 Å². The van der Waals surface area contributed by atoms with E-state index in [-0.39, 0.29) is 18.6 Å². The molecule has 3 atom stereocenters. The number of amides is 1. The number of rotatable bonds is 5. The highest BCUT2D eigenvalue weighted by Gasteiger charge is 2.39. The minimum Gasteiger partial charge on any atom is -0.481 e. The molecule has 2 N–H and O–H groups in total. The molecule has 110 valence electrons. The van der Waals surface area contributed by atoms with Crippen LogP contribution in [-0.4, -0.2) is 42.0 Å². The lowest BCUT2D eigenvalue weighted by Crippen LogP contribution is -2.49. The number of carbonyl (C=O) groups excluding carboxylic acids is 1. The van der Waals surface area contributed by atoms with Crippen molar-refractivity contribution in [1.82, 2.24) is 5.32 Å². The molecule has 1 fully saturated rings. The minimum absolute atomic E-state index is 0.176. The van der Waals surface area contributed by atoms with Gasteiger partial charge in [-0.15, -0.1) is 0 Å². The highest BCUT2D eigenvalue weighted by atomic mass is 16.5. The Morgan fingerprint density at radius 3 is 2.85 bits per heavy atom. The first kappa shape index (κ1) is 14.8. The summed E-state index contributed by atoms with van der Waals surface area (Å²) in [4.78, 5) is 12.0. The lowest BCUT2D eigenvalue weighted by molar-refractivity contribution is -0.129. The highest BCUT2D eigenvalue weighted by molar-refractivity contribution is 5.80. The molecule has 1 saturated heterocycles. The summed E-state index contributed by atoms with van der Waals surface area (Å²) in [5.41, 5.74) is -0.984. The number of para-hydroxylation sites is 1. The molecule has 0 bridgehead atoms. The van der Waals surface area contributed by atoms with E-state index in [9.17, 15) is 9.90 Å². The molecule has 0 aromatic heterocycles. The van der Waals surface area contributed by atoms with Crippen molar-refractivity contribution in [3.63, 3.8) is 0 Å². The van der Waals surface area contributed by atoms with Crippen molar-refractivity contribution < 1.29 is 19.4 Å².